The zero-order valence-corrected chi connectivity index (χ0v) is 20.1. The SMILES string of the molecule is CCCCNc1nccc(N2C[C@H](S)C[C@H]2COCc2cc(F)c(F)cc2F)n1.O=C(O)C(F)(F)F. The number of aromatic nitrogens is 2. The molecule has 0 bridgehead atoms. The number of carbonyl (C=O) groups is 1. The Labute approximate surface area is 209 Å². The molecule has 1 fully saturated rings. The molecule has 0 spiro atoms. The van der Waals surface area contributed by atoms with Crippen molar-refractivity contribution in [3.63, 3.8) is 0 Å². The molecule has 0 aliphatic carbocycles. The zero-order valence-electron chi connectivity index (χ0n) is 19.2. The first-order valence-electron chi connectivity index (χ1n) is 10.9. The summed E-state index contributed by atoms with van der Waals surface area (Å²) in [6, 6.07) is 3.19. The molecule has 1 aliphatic heterocycles. The van der Waals surface area contributed by atoms with Crippen molar-refractivity contribution in [2.45, 2.75) is 50.3 Å². The Morgan fingerprint density at radius 2 is 1.92 bits per heavy atom. The van der Waals surface area contributed by atoms with Crippen LogP contribution >= 0.6 is 12.6 Å². The number of carboxylic acid groups (broad SMARTS) is 1. The van der Waals surface area contributed by atoms with Crippen molar-refractivity contribution in [2.75, 3.05) is 29.9 Å². The van der Waals surface area contributed by atoms with E-state index in [2.05, 4.69) is 39.7 Å². The standard InChI is InChI=1S/C20H25F3N4OS.C2HF3O2/c1-2-3-5-24-20-25-6-4-19(26-20)27-10-15(29)8-14(27)12-28-11-13-7-17(22)18(23)9-16(13)21;3-2(4,5)1(6)7/h4,6-7,9,14-15,29H,2-3,5,8,10-12H2,1H3,(H,24,25,26);(H,6,7)/t14-,15+;/m0./s1. The number of hydrogen-bond donors (Lipinski definition) is 3. The molecular weight excluding hydrogens is 514 g/mol. The second-order valence-corrected chi connectivity index (χ2v) is 8.62. The third-order valence-electron chi connectivity index (χ3n) is 5.04. The van der Waals surface area contributed by atoms with E-state index in [9.17, 15) is 26.3 Å². The number of anilines is 2. The number of rotatable bonds is 9. The predicted molar refractivity (Wildman–Crippen MR) is 124 cm³/mol. The minimum Gasteiger partial charge on any atom is -0.475 e. The van der Waals surface area contributed by atoms with Crippen LogP contribution in [0.2, 0.25) is 0 Å². The van der Waals surface area contributed by atoms with Gasteiger partial charge in [-0.05, 0) is 25.0 Å². The average molecular weight is 541 g/mol. The molecule has 36 heavy (non-hydrogen) atoms. The molecule has 2 atom stereocenters. The summed E-state index contributed by atoms with van der Waals surface area (Å²) in [7, 11) is 0. The smallest absolute Gasteiger partial charge is 0.475 e. The van der Waals surface area contributed by atoms with Crippen molar-refractivity contribution in [2.24, 2.45) is 0 Å². The van der Waals surface area contributed by atoms with Crippen molar-refractivity contribution < 1.29 is 41.0 Å². The molecule has 2 heterocycles. The lowest BCUT2D eigenvalue weighted by Crippen LogP contribution is -2.34. The summed E-state index contributed by atoms with van der Waals surface area (Å²) in [4.78, 5) is 19.8. The maximum atomic E-state index is 13.8. The van der Waals surface area contributed by atoms with Gasteiger partial charge in [0.05, 0.1) is 19.3 Å². The molecule has 0 unspecified atom stereocenters. The van der Waals surface area contributed by atoms with Gasteiger partial charge in [-0.2, -0.15) is 30.8 Å². The number of thiol groups is 1. The van der Waals surface area contributed by atoms with Crippen LogP contribution in [0.3, 0.4) is 0 Å². The van der Waals surface area contributed by atoms with E-state index in [1.165, 1.54) is 0 Å². The number of alkyl halides is 3. The summed E-state index contributed by atoms with van der Waals surface area (Å²) in [6.45, 7) is 3.77. The molecule has 7 nitrogen and oxygen atoms in total. The number of nitrogens with one attached hydrogen (secondary N) is 1. The summed E-state index contributed by atoms with van der Waals surface area (Å²) in [5.41, 5.74) is -0.0136. The molecule has 1 aliphatic rings. The minimum absolute atomic E-state index is 0.00996. The van der Waals surface area contributed by atoms with Crippen molar-refractivity contribution in [1.29, 1.82) is 0 Å². The predicted octanol–water partition coefficient (Wildman–Crippen LogP) is 4.83. The van der Waals surface area contributed by atoms with E-state index >= 15 is 0 Å². The van der Waals surface area contributed by atoms with Gasteiger partial charge in [-0.15, -0.1) is 0 Å². The number of nitrogens with zero attached hydrogens (tertiary/aromatic N) is 3. The highest BCUT2D eigenvalue weighted by molar-refractivity contribution is 7.81. The lowest BCUT2D eigenvalue weighted by atomic mass is 10.2. The summed E-state index contributed by atoms with van der Waals surface area (Å²) in [5.74, 6) is -4.54. The lowest BCUT2D eigenvalue weighted by Gasteiger charge is -2.25. The second-order valence-electron chi connectivity index (χ2n) is 7.89. The third-order valence-corrected chi connectivity index (χ3v) is 5.41. The number of hydrogen-bond acceptors (Lipinski definition) is 7. The highest BCUT2D eigenvalue weighted by Gasteiger charge is 2.38. The van der Waals surface area contributed by atoms with Gasteiger partial charge in [0.1, 0.15) is 11.6 Å². The molecule has 2 N–H and O–H groups in total. The average Bonchev–Trinajstić information content (AvgIpc) is 3.18. The Morgan fingerprint density at radius 1 is 1.25 bits per heavy atom. The Morgan fingerprint density at radius 3 is 2.56 bits per heavy atom. The number of ether oxygens (including phenoxy) is 1. The van der Waals surface area contributed by atoms with E-state index < -0.39 is 29.6 Å². The van der Waals surface area contributed by atoms with Gasteiger partial charge >= 0.3 is 12.1 Å². The van der Waals surface area contributed by atoms with Crippen LogP contribution in [0.25, 0.3) is 0 Å². The Balaban J connectivity index is 0.000000572. The van der Waals surface area contributed by atoms with Crippen LogP contribution in [0.4, 0.5) is 38.1 Å². The third kappa shape index (κ3) is 9.04. The topological polar surface area (TPSA) is 87.6 Å². The number of carboxylic acids is 1. The molecule has 1 aromatic carbocycles. The molecule has 1 aromatic heterocycles. The van der Waals surface area contributed by atoms with Crippen LogP contribution in [0.5, 0.6) is 0 Å². The monoisotopic (exact) mass is 540 g/mol. The Bertz CT molecular complexity index is 1010. The van der Waals surface area contributed by atoms with Gasteiger partial charge in [0, 0.05) is 36.2 Å². The number of halogens is 6. The Kier molecular flexibility index (Phi) is 11.1. The summed E-state index contributed by atoms with van der Waals surface area (Å²) in [6.07, 6.45) is -0.492. The lowest BCUT2D eigenvalue weighted by molar-refractivity contribution is -0.192. The van der Waals surface area contributed by atoms with Crippen molar-refractivity contribution >= 4 is 30.4 Å². The highest BCUT2D eigenvalue weighted by Crippen LogP contribution is 2.28. The molecule has 200 valence electrons. The first-order chi connectivity index (χ1) is 16.9. The van der Waals surface area contributed by atoms with Crippen LogP contribution in [-0.4, -0.2) is 58.2 Å². The van der Waals surface area contributed by atoms with Gasteiger partial charge < -0.3 is 20.1 Å². The maximum absolute atomic E-state index is 13.8. The Hall–Kier alpha value is -2.74. The van der Waals surface area contributed by atoms with E-state index in [-0.39, 0.29) is 30.1 Å². The second kappa shape index (κ2) is 13.5. The van der Waals surface area contributed by atoms with Gasteiger partial charge in [-0.25, -0.2) is 22.9 Å². The highest BCUT2D eigenvalue weighted by atomic mass is 32.1. The van der Waals surface area contributed by atoms with Crippen LogP contribution < -0.4 is 10.2 Å². The van der Waals surface area contributed by atoms with Gasteiger partial charge in [0.2, 0.25) is 5.95 Å². The van der Waals surface area contributed by atoms with Gasteiger partial charge in [-0.3, -0.25) is 0 Å². The fourth-order valence-electron chi connectivity index (χ4n) is 3.28. The van der Waals surface area contributed by atoms with Gasteiger partial charge in [0.25, 0.3) is 0 Å². The van der Waals surface area contributed by atoms with Crippen LogP contribution in [0.15, 0.2) is 24.4 Å². The van der Waals surface area contributed by atoms with Crippen molar-refractivity contribution in [1.82, 2.24) is 9.97 Å². The first-order valence-corrected chi connectivity index (χ1v) is 11.5. The van der Waals surface area contributed by atoms with Gasteiger partial charge in [-0.1, -0.05) is 13.3 Å². The fourth-order valence-corrected chi connectivity index (χ4v) is 3.70. The first kappa shape index (κ1) is 29.5. The maximum Gasteiger partial charge on any atom is 0.490 e. The molecule has 0 amide bonds. The van der Waals surface area contributed by atoms with E-state index in [0.29, 0.717) is 18.6 Å². The molecule has 14 heteroatoms. The molecular formula is C22H26F6N4O3S. The molecule has 2 aromatic rings. The molecule has 0 saturated carbocycles. The van der Waals surface area contributed by atoms with Crippen molar-refractivity contribution in [3.8, 4) is 0 Å². The normalized spacial score (nSPS) is 17.5. The summed E-state index contributed by atoms with van der Waals surface area (Å²) in [5, 5.41) is 10.5. The molecule has 0 radical (unpaired) electrons. The minimum atomic E-state index is -5.08. The fraction of sp³-hybridized carbons (Fsp3) is 0.500. The van der Waals surface area contributed by atoms with Crippen LogP contribution in [0.1, 0.15) is 31.7 Å². The van der Waals surface area contributed by atoms with Crippen LogP contribution in [0, 0.1) is 17.5 Å². The van der Waals surface area contributed by atoms with Crippen molar-refractivity contribution in [3.05, 3.63) is 47.4 Å². The molecule has 3 rings (SSSR count). The summed E-state index contributed by atoms with van der Waals surface area (Å²) < 4.78 is 77.5. The van der Waals surface area contributed by atoms with E-state index in [4.69, 9.17) is 14.6 Å². The molecule has 1 saturated heterocycles. The van der Waals surface area contributed by atoms with E-state index in [1.54, 1.807) is 6.20 Å². The largest absolute Gasteiger partial charge is 0.490 e. The van der Waals surface area contributed by atoms with Gasteiger partial charge in [0.15, 0.2) is 11.6 Å². The summed E-state index contributed by atoms with van der Waals surface area (Å²) >= 11 is 4.58. The van der Waals surface area contributed by atoms with E-state index in [1.807, 2.05) is 6.07 Å². The quantitative estimate of drug-likeness (QED) is 0.182. The zero-order chi connectivity index (χ0) is 26.9. The number of aliphatic carboxylic acids is 1. The number of benzene rings is 1. The number of unbranched alkanes of at least 4 members (excludes halogenated alkanes) is 1. The van der Waals surface area contributed by atoms with E-state index in [0.717, 1.165) is 37.7 Å². The van der Waals surface area contributed by atoms with Crippen LogP contribution in [-0.2, 0) is 16.1 Å².